The van der Waals surface area contributed by atoms with Crippen LogP contribution in [0.25, 0.3) is 0 Å². The number of urea groups is 1. The van der Waals surface area contributed by atoms with Crippen LogP contribution in [0, 0.1) is 0 Å². The largest absolute Gasteiger partial charge is 0.340 e. The van der Waals surface area contributed by atoms with Gasteiger partial charge in [-0.1, -0.05) is 0 Å². The summed E-state index contributed by atoms with van der Waals surface area (Å²) in [6, 6.07) is 1.28. The number of nitrogens with two attached hydrogens (primary N) is 1. The number of rotatable bonds is 1. The lowest BCUT2D eigenvalue weighted by Crippen LogP contribution is -2.45. The molecular formula is C7H11N5O. The van der Waals surface area contributed by atoms with Crippen LogP contribution in [0.3, 0.4) is 0 Å². The molecular weight excluding hydrogens is 170 g/mol. The van der Waals surface area contributed by atoms with Crippen molar-refractivity contribution >= 4 is 12.0 Å². The van der Waals surface area contributed by atoms with Crippen molar-refractivity contribution in [1.82, 2.24) is 14.9 Å². The number of anilines is 1. The third-order valence-electron chi connectivity index (χ3n) is 1.36. The predicted octanol–water partition coefficient (Wildman–Crippen LogP) is -0.162. The van der Waals surface area contributed by atoms with Gasteiger partial charge in [-0.05, 0) is 6.07 Å². The zero-order valence-corrected chi connectivity index (χ0v) is 7.51. The quantitative estimate of drug-likeness (QED) is 0.371. The van der Waals surface area contributed by atoms with Crippen molar-refractivity contribution in [3.05, 3.63) is 18.5 Å². The van der Waals surface area contributed by atoms with Gasteiger partial charge in [0, 0.05) is 26.5 Å². The summed E-state index contributed by atoms with van der Waals surface area (Å²) in [5.74, 6) is 5.64. The molecule has 6 nitrogen and oxygen atoms in total. The molecule has 13 heavy (non-hydrogen) atoms. The van der Waals surface area contributed by atoms with Gasteiger partial charge in [-0.15, -0.1) is 0 Å². The normalized spacial score (nSPS) is 9.46. The van der Waals surface area contributed by atoms with Gasteiger partial charge in [0.05, 0.1) is 0 Å². The van der Waals surface area contributed by atoms with Gasteiger partial charge in [0.1, 0.15) is 0 Å². The van der Waals surface area contributed by atoms with Crippen molar-refractivity contribution in [1.29, 1.82) is 0 Å². The number of hydrazine groups is 1. The second-order valence-electron chi connectivity index (χ2n) is 2.60. The van der Waals surface area contributed by atoms with E-state index < -0.39 is 0 Å². The highest BCUT2D eigenvalue weighted by Gasteiger charge is 2.14. The van der Waals surface area contributed by atoms with Crippen molar-refractivity contribution in [2.75, 3.05) is 19.1 Å². The highest BCUT2D eigenvalue weighted by molar-refractivity contribution is 5.88. The van der Waals surface area contributed by atoms with E-state index in [2.05, 4.69) is 9.97 Å². The lowest BCUT2D eigenvalue weighted by atomic mass is 10.6. The van der Waals surface area contributed by atoms with Gasteiger partial charge in [0.15, 0.2) is 0 Å². The maximum absolute atomic E-state index is 11.3. The standard InChI is InChI=1S/C7H11N5O/c1-11(2)7(13)12(8)6-9-4-3-5-10-6/h3-5H,8H2,1-2H3. The summed E-state index contributed by atoms with van der Waals surface area (Å²) in [4.78, 5) is 20.3. The van der Waals surface area contributed by atoms with E-state index in [0.717, 1.165) is 5.01 Å². The molecule has 0 spiro atoms. The zero-order chi connectivity index (χ0) is 9.84. The van der Waals surface area contributed by atoms with E-state index in [-0.39, 0.29) is 12.0 Å². The molecule has 2 N–H and O–H groups in total. The summed E-state index contributed by atoms with van der Waals surface area (Å²) in [6.45, 7) is 0. The van der Waals surface area contributed by atoms with E-state index in [4.69, 9.17) is 5.84 Å². The molecule has 1 aromatic heterocycles. The van der Waals surface area contributed by atoms with E-state index in [0.29, 0.717) is 0 Å². The molecule has 1 rings (SSSR count). The number of carbonyl (C=O) groups excluding carboxylic acids is 1. The third-order valence-corrected chi connectivity index (χ3v) is 1.36. The Morgan fingerprint density at radius 1 is 1.38 bits per heavy atom. The molecule has 0 fully saturated rings. The minimum absolute atomic E-state index is 0.182. The Hall–Kier alpha value is -1.69. The molecule has 0 saturated carbocycles. The van der Waals surface area contributed by atoms with E-state index >= 15 is 0 Å². The zero-order valence-electron chi connectivity index (χ0n) is 7.51. The molecule has 2 amide bonds. The molecule has 0 saturated heterocycles. The fourth-order valence-corrected chi connectivity index (χ4v) is 0.717. The number of amides is 2. The number of carbonyl (C=O) groups is 1. The van der Waals surface area contributed by atoms with E-state index in [9.17, 15) is 4.79 Å². The van der Waals surface area contributed by atoms with Crippen LogP contribution in [0.4, 0.5) is 10.7 Å². The predicted molar refractivity (Wildman–Crippen MR) is 47.8 cm³/mol. The van der Waals surface area contributed by atoms with Crippen LogP contribution in [-0.2, 0) is 0 Å². The number of aromatic nitrogens is 2. The maximum Gasteiger partial charge on any atom is 0.340 e. The molecule has 0 atom stereocenters. The molecule has 0 bridgehead atoms. The second kappa shape index (κ2) is 3.81. The minimum atomic E-state index is -0.369. The van der Waals surface area contributed by atoms with Gasteiger partial charge in [-0.25, -0.2) is 20.6 Å². The van der Waals surface area contributed by atoms with Gasteiger partial charge >= 0.3 is 6.03 Å². The monoisotopic (exact) mass is 181 g/mol. The number of hydrogen-bond acceptors (Lipinski definition) is 4. The minimum Gasteiger partial charge on any atom is -0.329 e. The Labute approximate surface area is 76.0 Å². The Balaban J connectivity index is 2.80. The molecule has 0 aromatic carbocycles. The van der Waals surface area contributed by atoms with Gasteiger partial charge in [0.25, 0.3) is 0 Å². The summed E-state index contributed by atoms with van der Waals surface area (Å²) in [7, 11) is 3.20. The number of nitrogens with zero attached hydrogens (tertiary/aromatic N) is 4. The Morgan fingerprint density at radius 2 is 1.92 bits per heavy atom. The number of hydrogen-bond donors (Lipinski definition) is 1. The van der Waals surface area contributed by atoms with Gasteiger partial charge in [0.2, 0.25) is 5.95 Å². The van der Waals surface area contributed by atoms with Crippen LogP contribution < -0.4 is 10.9 Å². The van der Waals surface area contributed by atoms with Crippen LogP contribution in [0.2, 0.25) is 0 Å². The van der Waals surface area contributed by atoms with E-state index in [1.165, 1.54) is 17.3 Å². The van der Waals surface area contributed by atoms with Crippen molar-refractivity contribution in [3.63, 3.8) is 0 Å². The molecule has 70 valence electrons. The van der Waals surface area contributed by atoms with E-state index in [1.54, 1.807) is 20.2 Å². The average molecular weight is 181 g/mol. The van der Waals surface area contributed by atoms with E-state index in [1.807, 2.05) is 0 Å². The van der Waals surface area contributed by atoms with Crippen molar-refractivity contribution < 1.29 is 4.79 Å². The average Bonchev–Trinajstić information content (AvgIpc) is 2.17. The van der Waals surface area contributed by atoms with Gasteiger partial charge in [-0.2, -0.15) is 5.01 Å². The first-order valence-electron chi connectivity index (χ1n) is 3.66. The maximum atomic E-state index is 11.3. The lowest BCUT2D eigenvalue weighted by Gasteiger charge is -2.18. The molecule has 0 aliphatic carbocycles. The SMILES string of the molecule is CN(C)C(=O)N(N)c1ncccn1. The molecule has 1 heterocycles. The summed E-state index contributed by atoms with van der Waals surface area (Å²) in [6.07, 6.45) is 3.04. The highest BCUT2D eigenvalue weighted by atomic mass is 16.2. The Bertz CT molecular complexity index is 286. The van der Waals surface area contributed by atoms with Crippen molar-refractivity contribution in [2.45, 2.75) is 0 Å². The van der Waals surface area contributed by atoms with Crippen LogP contribution in [0.5, 0.6) is 0 Å². The lowest BCUT2D eigenvalue weighted by molar-refractivity contribution is 0.223. The molecule has 1 aromatic rings. The van der Waals surface area contributed by atoms with Gasteiger partial charge < -0.3 is 4.90 Å². The summed E-state index contributed by atoms with van der Waals surface area (Å²) in [5, 5.41) is 0.889. The first-order chi connectivity index (χ1) is 6.13. The molecule has 0 aliphatic heterocycles. The van der Waals surface area contributed by atoms with Crippen molar-refractivity contribution in [3.8, 4) is 0 Å². The molecule has 0 unspecified atom stereocenters. The Morgan fingerprint density at radius 3 is 2.38 bits per heavy atom. The first-order valence-corrected chi connectivity index (χ1v) is 3.66. The fraction of sp³-hybridized carbons (Fsp3) is 0.286. The summed E-state index contributed by atoms with van der Waals surface area (Å²) < 4.78 is 0. The van der Waals surface area contributed by atoms with Crippen molar-refractivity contribution in [2.24, 2.45) is 5.84 Å². The second-order valence-corrected chi connectivity index (χ2v) is 2.60. The molecule has 6 heteroatoms. The molecule has 0 aliphatic rings. The highest BCUT2D eigenvalue weighted by Crippen LogP contribution is 2.01. The van der Waals surface area contributed by atoms with Crippen LogP contribution in [0.15, 0.2) is 18.5 Å². The smallest absolute Gasteiger partial charge is 0.329 e. The summed E-state index contributed by atoms with van der Waals surface area (Å²) >= 11 is 0. The van der Waals surface area contributed by atoms with Crippen LogP contribution in [-0.4, -0.2) is 35.0 Å². The topological polar surface area (TPSA) is 75.4 Å². The third kappa shape index (κ3) is 2.12. The van der Waals surface area contributed by atoms with Crippen LogP contribution >= 0.6 is 0 Å². The fourth-order valence-electron chi connectivity index (χ4n) is 0.717. The Kier molecular flexibility index (Phi) is 2.76. The summed E-state index contributed by atoms with van der Waals surface area (Å²) in [5.41, 5.74) is 0. The first kappa shape index (κ1) is 9.40. The van der Waals surface area contributed by atoms with Gasteiger partial charge in [-0.3, -0.25) is 0 Å². The van der Waals surface area contributed by atoms with Crippen LogP contribution in [0.1, 0.15) is 0 Å². The molecule has 0 radical (unpaired) electrons.